The molecule has 3 atom stereocenters. The van der Waals surface area contributed by atoms with Crippen LogP contribution in [0.15, 0.2) is 0 Å². The van der Waals surface area contributed by atoms with Gasteiger partial charge in [-0.25, -0.2) is 0 Å². The zero-order chi connectivity index (χ0) is 15.2. The predicted octanol–water partition coefficient (Wildman–Crippen LogP) is 3.70. The predicted molar refractivity (Wildman–Crippen MR) is 83.4 cm³/mol. The maximum Gasteiger partial charge on any atom is 0.0672 e. The van der Waals surface area contributed by atoms with Crippen molar-refractivity contribution in [2.24, 2.45) is 17.3 Å². The van der Waals surface area contributed by atoms with Gasteiger partial charge in [-0.3, -0.25) is 4.90 Å². The maximum atomic E-state index is 9.46. The number of likely N-dealkylation sites (N-methyl/N-ethyl adjacent to an activating group) is 1. The molecule has 116 valence electrons. The first-order chi connectivity index (χ1) is 9.43. The quantitative estimate of drug-likeness (QED) is 0.696. The summed E-state index contributed by atoms with van der Waals surface area (Å²) in [6.45, 7) is 14.7. The molecule has 3 unspecified atom stereocenters. The lowest BCUT2D eigenvalue weighted by atomic mass is 9.68. The Labute approximate surface area is 125 Å². The fourth-order valence-electron chi connectivity index (χ4n) is 3.37. The average molecular weight is 280 g/mol. The SMILES string of the molecule is CCOCCN(CC)C1CC(C(C)(C)C)CCC1C#N. The van der Waals surface area contributed by atoms with Crippen molar-refractivity contribution in [2.45, 2.75) is 59.9 Å². The zero-order valence-electron chi connectivity index (χ0n) is 14.0. The van der Waals surface area contributed by atoms with Crippen LogP contribution < -0.4 is 0 Å². The molecule has 1 aliphatic rings. The van der Waals surface area contributed by atoms with Crippen molar-refractivity contribution in [2.75, 3.05) is 26.3 Å². The Morgan fingerprint density at radius 1 is 1.25 bits per heavy atom. The van der Waals surface area contributed by atoms with Gasteiger partial charge in [0.25, 0.3) is 0 Å². The van der Waals surface area contributed by atoms with Crippen LogP contribution in [0.3, 0.4) is 0 Å². The van der Waals surface area contributed by atoms with E-state index in [9.17, 15) is 5.26 Å². The molecule has 0 aliphatic heterocycles. The van der Waals surface area contributed by atoms with Crippen LogP contribution in [-0.2, 0) is 4.74 Å². The van der Waals surface area contributed by atoms with Crippen LogP contribution in [0.1, 0.15) is 53.9 Å². The molecule has 0 N–H and O–H groups in total. The smallest absolute Gasteiger partial charge is 0.0672 e. The molecule has 0 spiro atoms. The fraction of sp³-hybridized carbons (Fsp3) is 0.941. The van der Waals surface area contributed by atoms with Crippen LogP contribution in [0, 0.1) is 28.6 Å². The summed E-state index contributed by atoms with van der Waals surface area (Å²) in [5.74, 6) is 0.911. The van der Waals surface area contributed by atoms with E-state index in [4.69, 9.17) is 4.74 Å². The third kappa shape index (κ3) is 4.75. The summed E-state index contributed by atoms with van der Waals surface area (Å²) < 4.78 is 5.50. The Morgan fingerprint density at radius 3 is 2.45 bits per heavy atom. The first kappa shape index (κ1) is 17.5. The number of hydrogen-bond donors (Lipinski definition) is 0. The van der Waals surface area contributed by atoms with Gasteiger partial charge in [-0.15, -0.1) is 0 Å². The summed E-state index contributed by atoms with van der Waals surface area (Å²) in [7, 11) is 0. The first-order valence-corrected chi connectivity index (χ1v) is 8.15. The van der Waals surface area contributed by atoms with Crippen LogP contribution >= 0.6 is 0 Å². The first-order valence-electron chi connectivity index (χ1n) is 8.15. The molecular weight excluding hydrogens is 248 g/mol. The van der Waals surface area contributed by atoms with Crippen molar-refractivity contribution in [3.8, 4) is 6.07 Å². The minimum atomic E-state index is 0.190. The molecule has 0 radical (unpaired) electrons. The number of hydrogen-bond acceptors (Lipinski definition) is 3. The highest BCUT2D eigenvalue weighted by molar-refractivity contribution is 4.99. The topological polar surface area (TPSA) is 36.3 Å². The minimum Gasteiger partial charge on any atom is -0.380 e. The van der Waals surface area contributed by atoms with E-state index in [2.05, 4.69) is 38.7 Å². The van der Waals surface area contributed by atoms with E-state index in [1.807, 2.05) is 6.92 Å². The molecule has 0 amide bonds. The van der Waals surface area contributed by atoms with E-state index in [0.29, 0.717) is 11.5 Å². The largest absolute Gasteiger partial charge is 0.380 e. The van der Waals surface area contributed by atoms with Crippen LogP contribution in [0.25, 0.3) is 0 Å². The summed E-state index contributed by atoms with van der Waals surface area (Å²) in [6.07, 6.45) is 3.40. The molecule has 0 aromatic heterocycles. The third-order valence-electron chi connectivity index (χ3n) is 4.81. The molecule has 0 bridgehead atoms. The van der Waals surface area contributed by atoms with E-state index in [1.165, 1.54) is 6.42 Å². The van der Waals surface area contributed by atoms with Gasteiger partial charge in [0, 0.05) is 19.2 Å². The summed E-state index contributed by atoms with van der Waals surface area (Å²) >= 11 is 0. The van der Waals surface area contributed by atoms with Crippen LogP contribution in [0.2, 0.25) is 0 Å². The lowest BCUT2D eigenvalue weighted by Crippen LogP contribution is -2.47. The van der Waals surface area contributed by atoms with E-state index < -0.39 is 0 Å². The third-order valence-corrected chi connectivity index (χ3v) is 4.81. The Bertz CT molecular complexity index is 316. The molecule has 0 heterocycles. The highest BCUT2D eigenvalue weighted by Crippen LogP contribution is 2.41. The molecule has 0 aromatic rings. The van der Waals surface area contributed by atoms with Crippen molar-refractivity contribution in [3.05, 3.63) is 0 Å². The van der Waals surface area contributed by atoms with Crippen LogP contribution in [-0.4, -0.2) is 37.2 Å². The Hall–Kier alpha value is -0.590. The zero-order valence-corrected chi connectivity index (χ0v) is 14.0. The monoisotopic (exact) mass is 280 g/mol. The second-order valence-electron chi connectivity index (χ2n) is 7.00. The lowest BCUT2D eigenvalue weighted by molar-refractivity contribution is 0.0397. The number of ether oxygens (including phenoxy) is 1. The molecule has 1 saturated carbocycles. The number of nitriles is 1. The summed E-state index contributed by atoms with van der Waals surface area (Å²) in [5, 5.41) is 9.46. The molecule has 1 rings (SSSR count). The van der Waals surface area contributed by atoms with Gasteiger partial charge in [0.05, 0.1) is 18.6 Å². The molecule has 3 nitrogen and oxygen atoms in total. The summed E-state index contributed by atoms with van der Waals surface area (Å²) in [4.78, 5) is 2.46. The van der Waals surface area contributed by atoms with Gasteiger partial charge in [-0.1, -0.05) is 27.7 Å². The van der Waals surface area contributed by atoms with Gasteiger partial charge in [-0.05, 0) is 44.1 Å². The van der Waals surface area contributed by atoms with Gasteiger partial charge >= 0.3 is 0 Å². The molecule has 20 heavy (non-hydrogen) atoms. The Balaban J connectivity index is 2.71. The van der Waals surface area contributed by atoms with E-state index >= 15 is 0 Å². The molecule has 0 saturated heterocycles. The molecule has 3 heteroatoms. The van der Waals surface area contributed by atoms with Crippen molar-refractivity contribution >= 4 is 0 Å². The van der Waals surface area contributed by atoms with Crippen molar-refractivity contribution in [1.29, 1.82) is 5.26 Å². The lowest BCUT2D eigenvalue weighted by Gasteiger charge is -2.44. The molecule has 0 aromatic carbocycles. The van der Waals surface area contributed by atoms with Crippen LogP contribution in [0.5, 0.6) is 0 Å². The second-order valence-corrected chi connectivity index (χ2v) is 7.00. The maximum absolute atomic E-state index is 9.46. The Kier molecular flexibility index (Phi) is 6.99. The van der Waals surface area contributed by atoms with Gasteiger partial charge in [0.2, 0.25) is 0 Å². The number of rotatable bonds is 6. The minimum absolute atomic E-state index is 0.190. The van der Waals surface area contributed by atoms with Gasteiger partial charge in [-0.2, -0.15) is 5.26 Å². The molecule has 1 aliphatic carbocycles. The van der Waals surface area contributed by atoms with Crippen LogP contribution in [0.4, 0.5) is 0 Å². The summed E-state index contributed by atoms with van der Waals surface area (Å²) in [6, 6.07) is 2.95. The van der Waals surface area contributed by atoms with Gasteiger partial charge in [0.15, 0.2) is 0 Å². The van der Waals surface area contributed by atoms with E-state index in [1.54, 1.807) is 0 Å². The van der Waals surface area contributed by atoms with Gasteiger partial charge in [0.1, 0.15) is 0 Å². The average Bonchev–Trinajstić information content (AvgIpc) is 2.42. The van der Waals surface area contributed by atoms with E-state index in [0.717, 1.165) is 45.1 Å². The summed E-state index contributed by atoms with van der Waals surface area (Å²) in [5.41, 5.74) is 0.345. The second kappa shape index (κ2) is 8.00. The number of nitrogens with zero attached hydrogens (tertiary/aromatic N) is 2. The highest BCUT2D eigenvalue weighted by atomic mass is 16.5. The van der Waals surface area contributed by atoms with Crippen molar-refractivity contribution in [1.82, 2.24) is 4.90 Å². The highest BCUT2D eigenvalue weighted by Gasteiger charge is 2.38. The Morgan fingerprint density at radius 2 is 1.95 bits per heavy atom. The van der Waals surface area contributed by atoms with Crippen molar-refractivity contribution in [3.63, 3.8) is 0 Å². The standard InChI is InChI=1S/C17H32N2O/c1-6-19(10-11-20-7-2)16-12-15(17(3,4)5)9-8-14(16)13-18/h14-16H,6-12H2,1-5H3. The normalized spacial score (nSPS) is 27.6. The van der Waals surface area contributed by atoms with Gasteiger partial charge < -0.3 is 4.74 Å². The fourth-order valence-corrected chi connectivity index (χ4v) is 3.37. The molecule has 1 fully saturated rings. The van der Waals surface area contributed by atoms with E-state index in [-0.39, 0.29) is 5.92 Å². The van der Waals surface area contributed by atoms with Crippen molar-refractivity contribution < 1.29 is 4.74 Å². The molecular formula is C17H32N2O.